The quantitative estimate of drug-likeness (QED) is 0.932. The number of amides is 2. The van der Waals surface area contributed by atoms with Gasteiger partial charge >= 0.3 is 6.03 Å². The van der Waals surface area contributed by atoms with Gasteiger partial charge in [0.25, 0.3) is 0 Å². The predicted octanol–water partition coefficient (Wildman–Crippen LogP) is 1.86. The fourth-order valence-corrected chi connectivity index (χ4v) is 2.90. The normalized spacial score (nSPS) is 14.5. The van der Waals surface area contributed by atoms with Gasteiger partial charge in [-0.3, -0.25) is 4.98 Å². The van der Waals surface area contributed by atoms with Gasteiger partial charge in [-0.15, -0.1) is 0 Å². The van der Waals surface area contributed by atoms with Crippen LogP contribution in [0.5, 0.6) is 0 Å². The van der Waals surface area contributed by atoms with E-state index in [0.717, 1.165) is 25.3 Å². The Morgan fingerprint density at radius 2 is 1.96 bits per heavy atom. The summed E-state index contributed by atoms with van der Waals surface area (Å²) in [5.41, 5.74) is 2.55. The molecular formula is C18H23N5O. The molecule has 2 aromatic rings. The number of urea groups is 1. The Balaban J connectivity index is 1.43. The van der Waals surface area contributed by atoms with Gasteiger partial charge in [-0.05, 0) is 24.5 Å². The minimum Gasteiger partial charge on any atom is -0.352 e. The number of piperazine rings is 1. The van der Waals surface area contributed by atoms with E-state index >= 15 is 0 Å². The van der Waals surface area contributed by atoms with Gasteiger partial charge in [-0.25, -0.2) is 9.78 Å². The highest BCUT2D eigenvalue weighted by molar-refractivity contribution is 5.74. The highest BCUT2D eigenvalue weighted by atomic mass is 16.2. The summed E-state index contributed by atoms with van der Waals surface area (Å²) in [5, 5.41) is 3.02. The van der Waals surface area contributed by atoms with E-state index in [4.69, 9.17) is 0 Å². The van der Waals surface area contributed by atoms with Crippen LogP contribution in [0.4, 0.5) is 10.6 Å². The SMILES string of the molecule is Cc1ccccc1CCNC(=O)N1CCN(c2cnccn2)CC1. The molecule has 0 unspecified atom stereocenters. The molecule has 1 aliphatic rings. The molecule has 1 aromatic heterocycles. The van der Waals surface area contributed by atoms with E-state index in [-0.39, 0.29) is 6.03 Å². The van der Waals surface area contributed by atoms with Crippen molar-refractivity contribution >= 4 is 11.8 Å². The summed E-state index contributed by atoms with van der Waals surface area (Å²) < 4.78 is 0. The van der Waals surface area contributed by atoms with Gasteiger partial charge in [0.05, 0.1) is 6.20 Å². The van der Waals surface area contributed by atoms with Crippen LogP contribution in [0.25, 0.3) is 0 Å². The van der Waals surface area contributed by atoms with Crippen LogP contribution in [-0.2, 0) is 6.42 Å². The van der Waals surface area contributed by atoms with Crippen LogP contribution in [0.1, 0.15) is 11.1 Å². The summed E-state index contributed by atoms with van der Waals surface area (Å²) in [6.45, 7) is 5.73. The number of nitrogens with zero attached hydrogens (tertiary/aromatic N) is 4. The number of aromatic nitrogens is 2. The molecule has 0 bridgehead atoms. The van der Waals surface area contributed by atoms with Gasteiger partial charge < -0.3 is 15.1 Å². The van der Waals surface area contributed by atoms with Crippen LogP contribution in [0.15, 0.2) is 42.9 Å². The molecule has 0 radical (unpaired) electrons. The smallest absolute Gasteiger partial charge is 0.317 e. The van der Waals surface area contributed by atoms with E-state index in [1.807, 2.05) is 17.0 Å². The largest absolute Gasteiger partial charge is 0.352 e. The van der Waals surface area contributed by atoms with Crippen LogP contribution in [-0.4, -0.2) is 53.6 Å². The lowest BCUT2D eigenvalue weighted by atomic mass is 10.1. The number of anilines is 1. The van der Waals surface area contributed by atoms with Crippen molar-refractivity contribution in [3.05, 3.63) is 54.0 Å². The van der Waals surface area contributed by atoms with Crippen LogP contribution >= 0.6 is 0 Å². The van der Waals surface area contributed by atoms with Crippen molar-refractivity contribution in [3.63, 3.8) is 0 Å². The lowest BCUT2D eigenvalue weighted by Gasteiger charge is -2.35. The third-order valence-electron chi connectivity index (χ3n) is 4.37. The van der Waals surface area contributed by atoms with Gasteiger partial charge in [0.1, 0.15) is 5.82 Å². The number of carbonyl (C=O) groups excluding carboxylic acids is 1. The summed E-state index contributed by atoms with van der Waals surface area (Å²) in [6, 6.07) is 8.30. The zero-order valence-corrected chi connectivity index (χ0v) is 14.0. The van der Waals surface area contributed by atoms with Crippen molar-refractivity contribution < 1.29 is 4.79 Å². The first kappa shape index (κ1) is 16.2. The molecule has 6 heteroatoms. The minimum absolute atomic E-state index is 0.0161. The standard InChI is InChI=1S/C18H23N5O/c1-15-4-2-3-5-16(15)6-7-21-18(24)23-12-10-22(11-13-23)17-14-19-8-9-20-17/h2-5,8-9,14H,6-7,10-13H2,1H3,(H,21,24). The second kappa shape index (κ2) is 7.77. The molecule has 1 aromatic carbocycles. The average Bonchev–Trinajstić information content (AvgIpc) is 2.64. The van der Waals surface area contributed by atoms with Crippen LogP contribution in [0.2, 0.25) is 0 Å². The van der Waals surface area contributed by atoms with Crippen molar-refractivity contribution in [2.45, 2.75) is 13.3 Å². The van der Waals surface area contributed by atoms with Gasteiger partial charge in [0.15, 0.2) is 0 Å². The summed E-state index contributed by atoms with van der Waals surface area (Å²) in [6.07, 6.45) is 5.98. The molecule has 24 heavy (non-hydrogen) atoms. The van der Waals surface area contributed by atoms with Crippen LogP contribution in [0, 0.1) is 6.92 Å². The number of carbonyl (C=O) groups is 1. The van der Waals surface area contributed by atoms with E-state index < -0.39 is 0 Å². The molecule has 126 valence electrons. The topological polar surface area (TPSA) is 61.4 Å². The predicted molar refractivity (Wildman–Crippen MR) is 94.1 cm³/mol. The number of benzene rings is 1. The molecule has 1 fully saturated rings. The maximum Gasteiger partial charge on any atom is 0.317 e. The first-order valence-electron chi connectivity index (χ1n) is 8.32. The minimum atomic E-state index is 0.0161. The third kappa shape index (κ3) is 4.01. The van der Waals surface area contributed by atoms with Crippen molar-refractivity contribution in [1.29, 1.82) is 0 Å². The molecule has 2 heterocycles. The molecular weight excluding hydrogens is 302 g/mol. The van der Waals surface area contributed by atoms with E-state index in [1.54, 1.807) is 18.6 Å². The summed E-state index contributed by atoms with van der Waals surface area (Å²) in [4.78, 5) is 24.7. The van der Waals surface area contributed by atoms with Crippen molar-refractivity contribution in [3.8, 4) is 0 Å². The third-order valence-corrected chi connectivity index (χ3v) is 4.37. The number of rotatable bonds is 4. The fraction of sp³-hybridized carbons (Fsp3) is 0.389. The molecule has 3 rings (SSSR count). The lowest BCUT2D eigenvalue weighted by Crippen LogP contribution is -2.52. The first-order chi connectivity index (χ1) is 11.7. The number of hydrogen-bond acceptors (Lipinski definition) is 4. The highest BCUT2D eigenvalue weighted by Crippen LogP contribution is 2.11. The van der Waals surface area contributed by atoms with E-state index in [2.05, 4.69) is 39.2 Å². The monoisotopic (exact) mass is 325 g/mol. The Morgan fingerprint density at radius 3 is 2.67 bits per heavy atom. The Bertz CT molecular complexity index is 668. The molecule has 0 saturated carbocycles. The zero-order valence-electron chi connectivity index (χ0n) is 14.0. The highest BCUT2D eigenvalue weighted by Gasteiger charge is 2.21. The second-order valence-corrected chi connectivity index (χ2v) is 5.95. The van der Waals surface area contributed by atoms with Crippen molar-refractivity contribution in [2.75, 3.05) is 37.6 Å². The summed E-state index contributed by atoms with van der Waals surface area (Å²) in [5.74, 6) is 0.872. The molecule has 1 N–H and O–H groups in total. The van der Waals surface area contributed by atoms with E-state index in [9.17, 15) is 4.79 Å². The van der Waals surface area contributed by atoms with Gasteiger partial charge in [-0.1, -0.05) is 24.3 Å². The summed E-state index contributed by atoms with van der Waals surface area (Å²) in [7, 11) is 0. The van der Waals surface area contributed by atoms with Gasteiger partial charge in [0.2, 0.25) is 0 Å². The van der Waals surface area contributed by atoms with Crippen molar-refractivity contribution in [2.24, 2.45) is 0 Å². The Labute approximate surface area is 142 Å². The molecule has 2 amide bonds. The Hall–Kier alpha value is -2.63. The van der Waals surface area contributed by atoms with Gasteiger partial charge in [0, 0.05) is 45.1 Å². The molecule has 1 aliphatic heterocycles. The second-order valence-electron chi connectivity index (χ2n) is 5.95. The number of aryl methyl sites for hydroxylation is 1. The van der Waals surface area contributed by atoms with Crippen LogP contribution < -0.4 is 10.2 Å². The van der Waals surface area contributed by atoms with Gasteiger partial charge in [-0.2, -0.15) is 0 Å². The lowest BCUT2D eigenvalue weighted by molar-refractivity contribution is 0.194. The fourth-order valence-electron chi connectivity index (χ4n) is 2.90. The maximum atomic E-state index is 12.3. The Kier molecular flexibility index (Phi) is 5.25. The maximum absolute atomic E-state index is 12.3. The molecule has 1 saturated heterocycles. The van der Waals surface area contributed by atoms with E-state index in [0.29, 0.717) is 19.6 Å². The molecule has 0 spiro atoms. The average molecular weight is 325 g/mol. The Morgan fingerprint density at radius 1 is 1.17 bits per heavy atom. The molecule has 0 atom stereocenters. The van der Waals surface area contributed by atoms with Crippen molar-refractivity contribution in [1.82, 2.24) is 20.2 Å². The number of hydrogen-bond donors (Lipinski definition) is 1. The summed E-state index contributed by atoms with van der Waals surface area (Å²) >= 11 is 0. The first-order valence-corrected chi connectivity index (χ1v) is 8.32. The number of nitrogens with one attached hydrogen (secondary N) is 1. The zero-order chi connectivity index (χ0) is 16.8. The van der Waals surface area contributed by atoms with E-state index in [1.165, 1.54) is 11.1 Å². The molecule has 0 aliphatic carbocycles. The van der Waals surface area contributed by atoms with Crippen LogP contribution in [0.3, 0.4) is 0 Å². The molecule has 6 nitrogen and oxygen atoms in total.